The third-order valence-corrected chi connectivity index (χ3v) is 4.78. The fourth-order valence-corrected chi connectivity index (χ4v) is 3.17. The van der Waals surface area contributed by atoms with Crippen LogP contribution < -0.4 is 5.73 Å². The summed E-state index contributed by atoms with van der Waals surface area (Å²) in [6.07, 6.45) is 3.52. The number of hydrogen-bond donors (Lipinski definition) is 3. The zero-order valence-electron chi connectivity index (χ0n) is 12.8. The minimum atomic E-state index is -0.525. The molecule has 4 aromatic rings. The second-order valence-corrected chi connectivity index (χ2v) is 6.38. The van der Waals surface area contributed by atoms with E-state index in [4.69, 9.17) is 28.9 Å². The van der Waals surface area contributed by atoms with Crippen LogP contribution in [0.25, 0.3) is 33.5 Å². The van der Waals surface area contributed by atoms with Crippen LogP contribution in [0.3, 0.4) is 0 Å². The van der Waals surface area contributed by atoms with Crippen molar-refractivity contribution in [1.29, 1.82) is 0 Å². The number of pyridine rings is 1. The van der Waals surface area contributed by atoms with Gasteiger partial charge in [-0.15, -0.1) is 0 Å². The number of carbonyl (C=O) groups is 1. The molecule has 0 spiro atoms. The first kappa shape index (κ1) is 15.7. The van der Waals surface area contributed by atoms with Crippen LogP contribution in [-0.2, 0) is 0 Å². The molecular weight excluding hydrogens is 359 g/mol. The molecule has 0 saturated carbocycles. The topological polar surface area (TPSA) is 87.6 Å². The summed E-state index contributed by atoms with van der Waals surface area (Å²) in [6, 6.07) is 10.7. The van der Waals surface area contributed by atoms with Gasteiger partial charge in [-0.1, -0.05) is 29.3 Å². The molecule has 5 nitrogen and oxygen atoms in total. The Hall–Kier alpha value is -2.76. The first-order chi connectivity index (χ1) is 12.0. The highest BCUT2D eigenvalue weighted by molar-refractivity contribution is 6.42. The molecule has 3 aromatic heterocycles. The van der Waals surface area contributed by atoms with Crippen LogP contribution in [0.5, 0.6) is 0 Å². The lowest BCUT2D eigenvalue weighted by Crippen LogP contribution is -2.11. The number of fused-ring (bicyclic) bond motifs is 1. The monoisotopic (exact) mass is 370 g/mol. The number of primary amides is 1. The van der Waals surface area contributed by atoms with E-state index in [9.17, 15) is 4.79 Å². The highest BCUT2D eigenvalue weighted by atomic mass is 35.5. The predicted molar refractivity (Wildman–Crippen MR) is 99.9 cm³/mol. The van der Waals surface area contributed by atoms with Crippen LogP contribution in [0, 0.1) is 0 Å². The Morgan fingerprint density at radius 3 is 2.68 bits per heavy atom. The Labute approximate surface area is 152 Å². The minimum absolute atomic E-state index is 0.383. The largest absolute Gasteiger partial charge is 0.366 e. The van der Waals surface area contributed by atoms with Crippen molar-refractivity contribution in [3.8, 4) is 22.5 Å². The lowest BCUT2D eigenvalue weighted by Gasteiger charge is -2.04. The van der Waals surface area contributed by atoms with Gasteiger partial charge in [-0.2, -0.15) is 0 Å². The fourth-order valence-electron chi connectivity index (χ4n) is 2.87. The van der Waals surface area contributed by atoms with E-state index in [0.717, 1.165) is 27.9 Å². The smallest absolute Gasteiger partial charge is 0.250 e. The zero-order valence-corrected chi connectivity index (χ0v) is 14.3. The molecule has 1 aromatic carbocycles. The van der Waals surface area contributed by atoms with Crippen LogP contribution in [0.4, 0.5) is 0 Å². The van der Waals surface area contributed by atoms with Crippen LogP contribution >= 0.6 is 23.2 Å². The van der Waals surface area contributed by atoms with E-state index in [0.29, 0.717) is 21.3 Å². The van der Waals surface area contributed by atoms with E-state index in [2.05, 4.69) is 15.0 Å². The summed E-state index contributed by atoms with van der Waals surface area (Å²) in [5.74, 6) is -0.525. The molecule has 3 heterocycles. The first-order valence-electron chi connectivity index (χ1n) is 7.45. The van der Waals surface area contributed by atoms with Crippen molar-refractivity contribution in [2.24, 2.45) is 5.73 Å². The van der Waals surface area contributed by atoms with Crippen molar-refractivity contribution < 1.29 is 4.79 Å². The number of aromatic nitrogens is 3. The molecule has 124 valence electrons. The standard InChI is InChI=1S/C18H12Cl2N4O/c19-13-2-1-9(7-14(13)20)16-12(17(21)25)8-15(24-16)10-3-5-22-18-11(10)4-6-23-18/h1-8,24H,(H2,21,25)(H,22,23). The van der Waals surface area contributed by atoms with Gasteiger partial charge in [0.15, 0.2) is 0 Å². The van der Waals surface area contributed by atoms with Crippen LogP contribution in [-0.4, -0.2) is 20.9 Å². The van der Waals surface area contributed by atoms with E-state index in [-0.39, 0.29) is 0 Å². The Morgan fingerprint density at radius 2 is 1.92 bits per heavy atom. The maximum Gasteiger partial charge on any atom is 0.250 e. The third kappa shape index (κ3) is 2.67. The second kappa shape index (κ2) is 5.95. The van der Waals surface area contributed by atoms with E-state index >= 15 is 0 Å². The number of H-pyrrole nitrogens is 2. The third-order valence-electron chi connectivity index (χ3n) is 4.04. The molecule has 0 aliphatic carbocycles. The van der Waals surface area contributed by atoms with Crippen LogP contribution in [0.15, 0.2) is 48.8 Å². The van der Waals surface area contributed by atoms with Crippen molar-refractivity contribution in [2.45, 2.75) is 0 Å². The predicted octanol–water partition coefficient (Wildman–Crippen LogP) is 4.63. The van der Waals surface area contributed by atoms with Gasteiger partial charge in [-0.25, -0.2) is 4.98 Å². The molecule has 0 radical (unpaired) electrons. The normalized spacial score (nSPS) is 11.1. The number of carbonyl (C=O) groups excluding carboxylic acids is 1. The van der Waals surface area contributed by atoms with Gasteiger partial charge in [0.05, 0.1) is 21.3 Å². The number of amides is 1. The number of nitrogens with zero attached hydrogens (tertiary/aromatic N) is 1. The number of hydrogen-bond acceptors (Lipinski definition) is 2. The lowest BCUT2D eigenvalue weighted by molar-refractivity contribution is 0.100. The van der Waals surface area contributed by atoms with Crippen molar-refractivity contribution in [3.05, 3.63) is 64.4 Å². The Kier molecular flexibility index (Phi) is 3.75. The maximum atomic E-state index is 11.9. The average Bonchev–Trinajstić information content (AvgIpc) is 3.23. The summed E-state index contributed by atoms with van der Waals surface area (Å²) >= 11 is 12.1. The van der Waals surface area contributed by atoms with E-state index in [1.807, 2.05) is 18.3 Å². The van der Waals surface area contributed by atoms with Gasteiger partial charge in [0.25, 0.3) is 5.91 Å². The first-order valence-corrected chi connectivity index (χ1v) is 8.21. The molecule has 25 heavy (non-hydrogen) atoms. The highest BCUT2D eigenvalue weighted by Gasteiger charge is 2.17. The molecule has 0 aliphatic rings. The molecular formula is C18H12Cl2N4O. The van der Waals surface area contributed by atoms with Crippen molar-refractivity contribution in [1.82, 2.24) is 15.0 Å². The van der Waals surface area contributed by atoms with Gasteiger partial charge < -0.3 is 15.7 Å². The summed E-state index contributed by atoms with van der Waals surface area (Å²) in [5, 5.41) is 1.80. The number of aromatic amines is 2. The molecule has 0 saturated heterocycles. The Bertz CT molecular complexity index is 1110. The molecule has 0 fully saturated rings. The van der Waals surface area contributed by atoms with E-state index in [1.54, 1.807) is 30.5 Å². The number of benzene rings is 1. The summed E-state index contributed by atoms with van der Waals surface area (Å²) in [4.78, 5) is 22.6. The van der Waals surface area contributed by atoms with Crippen molar-refractivity contribution >= 4 is 40.1 Å². The van der Waals surface area contributed by atoms with E-state index < -0.39 is 5.91 Å². The van der Waals surface area contributed by atoms with E-state index in [1.165, 1.54) is 0 Å². The Balaban J connectivity index is 1.93. The minimum Gasteiger partial charge on any atom is -0.366 e. The van der Waals surface area contributed by atoms with Crippen LogP contribution in [0.1, 0.15) is 10.4 Å². The summed E-state index contributed by atoms with van der Waals surface area (Å²) in [7, 11) is 0. The summed E-state index contributed by atoms with van der Waals surface area (Å²) in [6.45, 7) is 0. The number of halogens is 2. The summed E-state index contributed by atoms with van der Waals surface area (Å²) in [5.41, 5.74) is 9.73. The van der Waals surface area contributed by atoms with Gasteiger partial charge in [0.2, 0.25) is 0 Å². The molecule has 1 amide bonds. The molecule has 7 heteroatoms. The van der Waals surface area contributed by atoms with Crippen molar-refractivity contribution in [3.63, 3.8) is 0 Å². The summed E-state index contributed by atoms with van der Waals surface area (Å²) < 4.78 is 0. The molecule has 0 bridgehead atoms. The zero-order chi connectivity index (χ0) is 17.6. The SMILES string of the molecule is NC(=O)c1cc(-c2ccnc3[nH]ccc23)[nH]c1-c1ccc(Cl)c(Cl)c1. The molecule has 4 N–H and O–H groups in total. The van der Waals surface area contributed by atoms with Gasteiger partial charge in [0, 0.05) is 34.6 Å². The average molecular weight is 371 g/mol. The fraction of sp³-hybridized carbons (Fsp3) is 0. The number of rotatable bonds is 3. The quantitative estimate of drug-likeness (QED) is 0.490. The second-order valence-electron chi connectivity index (χ2n) is 5.56. The van der Waals surface area contributed by atoms with Crippen LogP contribution in [0.2, 0.25) is 10.0 Å². The maximum absolute atomic E-state index is 11.9. The van der Waals surface area contributed by atoms with Gasteiger partial charge in [-0.3, -0.25) is 4.79 Å². The van der Waals surface area contributed by atoms with Gasteiger partial charge in [0.1, 0.15) is 5.65 Å². The molecule has 0 aliphatic heterocycles. The number of nitrogens with one attached hydrogen (secondary N) is 2. The number of nitrogens with two attached hydrogens (primary N) is 1. The highest BCUT2D eigenvalue weighted by Crippen LogP contribution is 2.34. The molecule has 0 atom stereocenters. The molecule has 0 unspecified atom stereocenters. The Morgan fingerprint density at radius 1 is 1.08 bits per heavy atom. The van der Waals surface area contributed by atoms with Gasteiger partial charge >= 0.3 is 0 Å². The lowest BCUT2D eigenvalue weighted by atomic mass is 10.1. The molecule has 4 rings (SSSR count). The van der Waals surface area contributed by atoms with Gasteiger partial charge in [-0.05, 0) is 30.3 Å². The van der Waals surface area contributed by atoms with Crippen molar-refractivity contribution in [2.75, 3.05) is 0 Å².